The van der Waals surface area contributed by atoms with E-state index in [2.05, 4.69) is 35.3 Å². The Morgan fingerprint density at radius 2 is 1.79 bits per heavy atom. The third-order valence-electron chi connectivity index (χ3n) is 5.64. The van der Waals surface area contributed by atoms with Crippen LogP contribution in [0.4, 0.5) is 4.39 Å². The van der Waals surface area contributed by atoms with Gasteiger partial charge in [0.2, 0.25) is 5.91 Å². The highest BCUT2D eigenvalue weighted by molar-refractivity contribution is 5.99. The smallest absolute Gasteiger partial charge is 0.341 e. The second-order valence-corrected chi connectivity index (χ2v) is 7.74. The molecule has 2 N–H and O–H groups in total. The van der Waals surface area contributed by atoms with Gasteiger partial charge in [-0.3, -0.25) is 9.59 Å². The zero-order valence-electron chi connectivity index (χ0n) is 18.2. The van der Waals surface area contributed by atoms with Crippen LogP contribution in [0.3, 0.4) is 0 Å². The van der Waals surface area contributed by atoms with Gasteiger partial charge in [0.25, 0.3) is 5.91 Å². The van der Waals surface area contributed by atoms with Crippen LogP contribution in [0.1, 0.15) is 45.8 Å². The van der Waals surface area contributed by atoms with Crippen LogP contribution >= 0.6 is 0 Å². The molecule has 174 valence electrons. The fourth-order valence-electron chi connectivity index (χ4n) is 3.63. The average molecular weight is 464 g/mol. The maximum absolute atomic E-state index is 14.2. The van der Waals surface area contributed by atoms with Crippen molar-refractivity contribution in [2.45, 2.75) is 31.3 Å². The van der Waals surface area contributed by atoms with Gasteiger partial charge in [0.1, 0.15) is 29.1 Å². The Kier molecular flexibility index (Phi) is 6.53. The molecular formula is C23H21FN6O4. The molecular weight excluding hydrogens is 443 g/mol. The van der Waals surface area contributed by atoms with E-state index in [4.69, 9.17) is 0 Å². The molecule has 0 atom stereocenters. The highest BCUT2D eigenvalue weighted by atomic mass is 19.1. The first kappa shape index (κ1) is 22.9. The van der Waals surface area contributed by atoms with Crippen molar-refractivity contribution in [1.29, 1.82) is 0 Å². The van der Waals surface area contributed by atoms with Gasteiger partial charge in [0, 0.05) is 35.9 Å². The summed E-state index contributed by atoms with van der Waals surface area (Å²) in [7, 11) is 1.17. The second kappa shape index (κ2) is 9.69. The Bertz CT molecular complexity index is 1220. The van der Waals surface area contributed by atoms with E-state index >= 15 is 0 Å². The zero-order chi connectivity index (χ0) is 24.1. The number of hydrogen-bond donors (Lipinski definition) is 2. The summed E-state index contributed by atoms with van der Waals surface area (Å²) >= 11 is 0. The maximum Gasteiger partial charge on any atom is 0.341 e. The standard InChI is InChI=1S/C23H21FN6O4/c1-34-21(32)19-16(4-2-5-17(19)24)14-10-27-18(28-11-14)12-29-22(33)23(6-3-7-23)30-20(31)15-8-25-13-26-9-15/h2,4-5,8-11,13H,3,6-7,12H2,1H3,(H,29,33)(H,30,31). The minimum Gasteiger partial charge on any atom is -0.465 e. The summed E-state index contributed by atoms with van der Waals surface area (Å²) in [6.45, 7) is 0.0260. The van der Waals surface area contributed by atoms with E-state index in [1.54, 1.807) is 6.07 Å². The molecule has 2 aromatic heterocycles. The van der Waals surface area contributed by atoms with Gasteiger partial charge >= 0.3 is 5.97 Å². The van der Waals surface area contributed by atoms with E-state index in [9.17, 15) is 18.8 Å². The van der Waals surface area contributed by atoms with Gasteiger partial charge in [-0.25, -0.2) is 29.1 Å². The monoisotopic (exact) mass is 464 g/mol. The molecule has 0 bridgehead atoms. The molecule has 0 aliphatic heterocycles. The number of halogens is 1. The van der Waals surface area contributed by atoms with Gasteiger partial charge in [-0.1, -0.05) is 12.1 Å². The summed E-state index contributed by atoms with van der Waals surface area (Å²) in [5.41, 5.74) is -0.235. The predicted octanol–water partition coefficient (Wildman–Crippen LogP) is 1.83. The summed E-state index contributed by atoms with van der Waals surface area (Å²) in [6.07, 6.45) is 8.77. The minimum atomic E-state index is -1.01. The van der Waals surface area contributed by atoms with Crippen LogP contribution in [0.25, 0.3) is 11.1 Å². The molecule has 10 nitrogen and oxygen atoms in total. The minimum absolute atomic E-state index is 0.0260. The number of ether oxygens (including phenoxy) is 1. The Balaban J connectivity index is 1.43. The first-order valence-electron chi connectivity index (χ1n) is 10.5. The first-order chi connectivity index (χ1) is 16.4. The summed E-state index contributed by atoms with van der Waals surface area (Å²) in [6, 6.07) is 4.20. The molecule has 1 aromatic carbocycles. The van der Waals surface area contributed by atoms with Crippen LogP contribution in [-0.2, 0) is 16.1 Å². The van der Waals surface area contributed by atoms with Crippen LogP contribution in [-0.4, -0.2) is 50.4 Å². The highest BCUT2D eigenvalue weighted by Crippen LogP contribution is 2.32. The molecule has 34 heavy (non-hydrogen) atoms. The number of carbonyl (C=O) groups excluding carboxylic acids is 3. The first-order valence-corrected chi connectivity index (χ1v) is 10.5. The Morgan fingerprint density at radius 1 is 1.09 bits per heavy atom. The lowest BCUT2D eigenvalue weighted by Crippen LogP contribution is -2.62. The van der Waals surface area contributed by atoms with E-state index in [0.717, 1.165) is 6.42 Å². The number of hydrogen-bond acceptors (Lipinski definition) is 8. The topological polar surface area (TPSA) is 136 Å². The third kappa shape index (κ3) is 4.58. The summed E-state index contributed by atoms with van der Waals surface area (Å²) < 4.78 is 18.9. The third-order valence-corrected chi connectivity index (χ3v) is 5.64. The number of rotatable bonds is 7. The van der Waals surface area contributed by atoms with Gasteiger partial charge in [0.15, 0.2) is 0 Å². The Morgan fingerprint density at radius 3 is 2.41 bits per heavy atom. The lowest BCUT2D eigenvalue weighted by atomic mass is 9.75. The lowest BCUT2D eigenvalue weighted by Gasteiger charge is -2.40. The molecule has 11 heteroatoms. The molecule has 2 amide bonds. The Labute approximate surface area is 194 Å². The molecule has 1 saturated carbocycles. The van der Waals surface area contributed by atoms with Gasteiger partial charge < -0.3 is 15.4 Å². The van der Waals surface area contributed by atoms with Crippen molar-refractivity contribution in [3.8, 4) is 11.1 Å². The van der Waals surface area contributed by atoms with E-state index in [1.807, 2.05) is 0 Å². The number of nitrogens with one attached hydrogen (secondary N) is 2. The SMILES string of the molecule is COC(=O)c1c(F)cccc1-c1cnc(CNC(=O)C2(NC(=O)c3cncnc3)CCC2)nc1. The molecule has 0 radical (unpaired) electrons. The summed E-state index contributed by atoms with van der Waals surface area (Å²) in [5.74, 6) is -1.97. The summed E-state index contributed by atoms with van der Waals surface area (Å²) in [5, 5.41) is 5.55. The molecule has 1 aliphatic rings. The fourth-order valence-corrected chi connectivity index (χ4v) is 3.63. The van der Waals surface area contributed by atoms with Crippen molar-refractivity contribution in [2.24, 2.45) is 0 Å². The quantitative estimate of drug-likeness (QED) is 0.506. The van der Waals surface area contributed by atoms with Gasteiger partial charge in [-0.15, -0.1) is 0 Å². The normalized spacial score (nSPS) is 13.9. The van der Waals surface area contributed by atoms with Crippen LogP contribution in [0.15, 0.2) is 49.3 Å². The average Bonchev–Trinajstić information content (AvgIpc) is 2.85. The van der Waals surface area contributed by atoms with Crippen molar-refractivity contribution >= 4 is 17.8 Å². The number of carbonyl (C=O) groups is 3. The predicted molar refractivity (Wildman–Crippen MR) is 117 cm³/mol. The van der Waals surface area contributed by atoms with E-state index in [1.165, 1.54) is 50.4 Å². The lowest BCUT2D eigenvalue weighted by molar-refractivity contribution is -0.130. The molecule has 4 rings (SSSR count). The number of methoxy groups -OCH3 is 1. The molecule has 0 spiro atoms. The van der Waals surface area contributed by atoms with Gasteiger partial charge in [0.05, 0.1) is 19.2 Å². The van der Waals surface area contributed by atoms with Crippen molar-refractivity contribution in [2.75, 3.05) is 7.11 Å². The van der Waals surface area contributed by atoms with E-state index in [0.29, 0.717) is 29.8 Å². The van der Waals surface area contributed by atoms with Crippen LogP contribution in [0.2, 0.25) is 0 Å². The van der Waals surface area contributed by atoms with Crippen molar-refractivity contribution in [3.05, 3.63) is 72.1 Å². The number of amides is 2. The number of aromatic nitrogens is 4. The van der Waals surface area contributed by atoms with Gasteiger partial charge in [-0.2, -0.15) is 0 Å². The highest BCUT2D eigenvalue weighted by Gasteiger charge is 2.45. The number of benzene rings is 1. The molecule has 0 saturated heterocycles. The zero-order valence-corrected chi connectivity index (χ0v) is 18.2. The summed E-state index contributed by atoms with van der Waals surface area (Å²) in [4.78, 5) is 53.4. The Hall–Kier alpha value is -4.28. The molecule has 3 aromatic rings. The van der Waals surface area contributed by atoms with E-state index < -0.39 is 23.2 Å². The van der Waals surface area contributed by atoms with Crippen molar-refractivity contribution in [3.63, 3.8) is 0 Å². The van der Waals surface area contributed by atoms with Crippen LogP contribution in [0.5, 0.6) is 0 Å². The van der Waals surface area contributed by atoms with Crippen molar-refractivity contribution in [1.82, 2.24) is 30.6 Å². The number of esters is 1. The second-order valence-electron chi connectivity index (χ2n) is 7.74. The molecule has 1 fully saturated rings. The molecule has 2 heterocycles. The number of nitrogens with zero attached hydrogens (tertiary/aromatic N) is 4. The largest absolute Gasteiger partial charge is 0.465 e. The fraction of sp³-hybridized carbons (Fsp3) is 0.261. The van der Waals surface area contributed by atoms with Crippen LogP contribution < -0.4 is 10.6 Å². The van der Waals surface area contributed by atoms with Gasteiger partial charge in [-0.05, 0) is 25.3 Å². The maximum atomic E-state index is 14.2. The van der Waals surface area contributed by atoms with Crippen LogP contribution in [0, 0.1) is 5.82 Å². The molecule has 1 aliphatic carbocycles. The molecule has 0 unspecified atom stereocenters. The van der Waals surface area contributed by atoms with E-state index in [-0.39, 0.29) is 23.6 Å². The van der Waals surface area contributed by atoms with Crippen molar-refractivity contribution < 1.29 is 23.5 Å².